The molecule has 1 saturated heterocycles. The topological polar surface area (TPSA) is 71.3 Å². The van der Waals surface area contributed by atoms with Crippen LogP contribution in [0.4, 0.5) is 10.5 Å². The number of anilines is 1. The molecule has 0 bridgehead atoms. The van der Waals surface area contributed by atoms with Crippen molar-refractivity contribution < 1.29 is 9.32 Å². The van der Waals surface area contributed by atoms with Gasteiger partial charge < -0.3 is 14.7 Å². The number of amides is 2. The molecule has 22 heavy (non-hydrogen) atoms. The molecule has 2 heterocycles. The summed E-state index contributed by atoms with van der Waals surface area (Å²) in [5.41, 5.74) is 1.47. The Morgan fingerprint density at radius 1 is 1.18 bits per heavy atom. The zero-order chi connectivity index (χ0) is 15.4. The quantitative estimate of drug-likeness (QED) is 0.922. The molecular formula is C16H20N4O2. The van der Waals surface area contributed by atoms with E-state index in [0.717, 1.165) is 31.5 Å². The standard InChI is InChI=1S/C16H20N4O2/c1-12-17-15(19-22-12)13-8-4-5-9-14(13)18-16(21)20-10-6-2-3-7-11-20/h4-5,8-9H,2-3,6-7,10-11H2,1H3,(H,18,21). The predicted octanol–water partition coefficient (Wildman–Crippen LogP) is 3.45. The van der Waals surface area contributed by atoms with Crippen LogP contribution in [-0.4, -0.2) is 34.2 Å². The van der Waals surface area contributed by atoms with E-state index in [0.29, 0.717) is 17.4 Å². The molecule has 1 fully saturated rings. The molecule has 116 valence electrons. The first-order valence-corrected chi connectivity index (χ1v) is 7.70. The molecule has 2 aromatic rings. The summed E-state index contributed by atoms with van der Waals surface area (Å²) >= 11 is 0. The van der Waals surface area contributed by atoms with E-state index in [9.17, 15) is 4.79 Å². The maximum atomic E-state index is 12.5. The molecule has 0 spiro atoms. The van der Waals surface area contributed by atoms with E-state index in [-0.39, 0.29) is 6.03 Å². The minimum Gasteiger partial charge on any atom is -0.339 e. The molecule has 1 aromatic heterocycles. The van der Waals surface area contributed by atoms with Crippen molar-refractivity contribution in [1.29, 1.82) is 0 Å². The third-order valence-corrected chi connectivity index (χ3v) is 3.83. The Labute approximate surface area is 129 Å². The van der Waals surface area contributed by atoms with Gasteiger partial charge in [0, 0.05) is 25.6 Å². The van der Waals surface area contributed by atoms with Crippen molar-refractivity contribution in [3.05, 3.63) is 30.2 Å². The predicted molar refractivity (Wildman–Crippen MR) is 83.5 cm³/mol. The Morgan fingerprint density at radius 3 is 2.59 bits per heavy atom. The first-order chi connectivity index (χ1) is 10.7. The van der Waals surface area contributed by atoms with Gasteiger partial charge >= 0.3 is 6.03 Å². The third kappa shape index (κ3) is 3.27. The van der Waals surface area contributed by atoms with Gasteiger partial charge in [0.15, 0.2) is 0 Å². The van der Waals surface area contributed by atoms with E-state index in [1.165, 1.54) is 12.8 Å². The van der Waals surface area contributed by atoms with Crippen LogP contribution in [0, 0.1) is 6.92 Å². The Bertz CT molecular complexity index is 645. The molecule has 1 N–H and O–H groups in total. The van der Waals surface area contributed by atoms with Crippen molar-refractivity contribution in [1.82, 2.24) is 15.0 Å². The summed E-state index contributed by atoms with van der Waals surface area (Å²) < 4.78 is 5.03. The van der Waals surface area contributed by atoms with Gasteiger partial charge in [-0.3, -0.25) is 0 Å². The van der Waals surface area contributed by atoms with Crippen molar-refractivity contribution in [2.75, 3.05) is 18.4 Å². The number of hydrogen-bond acceptors (Lipinski definition) is 4. The van der Waals surface area contributed by atoms with Gasteiger partial charge in [0.2, 0.25) is 11.7 Å². The highest BCUT2D eigenvalue weighted by Crippen LogP contribution is 2.25. The molecule has 0 aliphatic carbocycles. The fourth-order valence-corrected chi connectivity index (χ4v) is 2.66. The van der Waals surface area contributed by atoms with E-state index in [2.05, 4.69) is 15.5 Å². The molecule has 2 amide bonds. The fourth-order valence-electron chi connectivity index (χ4n) is 2.66. The molecule has 3 rings (SSSR count). The SMILES string of the molecule is Cc1nc(-c2ccccc2NC(=O)N2CCCCCC2)no1. The van der Waals surface area contributed by atoms with Gasteiger partial charge in [0.1, 0.15) is 0 Å². The van der Waals surface area contributed by atoms with Gasteiger partial charge in [-0.05, 0) is 25.0 Å². The lowest BCUT2D eigenvalue weighted by Crippen LogP contribution is -2.35. The second-order valence-corrected chi connectivity index (χ2v) is 5.51. The van der Waals surface area contributed by atoms with Crippen molar-refractivity contribution >= 4 is 11.7 Å². The summed E-state index contributed by atoms with van der Waals surface area (Å²) in [5, 5.41) is 6.91. The van der Waals surface area contributed by atoms with E-state index < -0.39 is 0 Å². The van der Waals surface area contributed by atoms with Crippen LogP contribution in [0.2, 0.25) is 0 Å². The van der Waals surface area contributed by atoms with E-state index >= 15 is 0 Å². The molecule has 6 nitrogen and oxygen atoms in total. The molecule has 6 heteroatoms. The van der Waals surface area contributed by atoms with Gasteiger partial charge in [-0.15, -0.1) is 0 Å². The maximum absolute atomic E-state index is 12.5. The second-order valence-electron chi connectivity index (χ2n) is 5.51. The Hall–Kier alpha value is -2.37. The second kappa shape index (κ2) is 6.60. The lowest BCUT2D eigenvalue weighted by atomic mass is 10.1. The van der Waals surface area contributed by atoms with E-state index in [1.54, 1.807) is 6.92 Å². The van der Waals surface area contributed by atoms with Crippen LogP contribution in [0.3, 0.4) is 0 Å². The Morgan fingerprint density at radius 2 is 1.91 bits per heavy atom. The average Bonchev–Trinajstić information content (AvgIpc) is 2.78. The number of carbonyl (C=O) groups is 1. The van der Waals surface area contributed by atoms with Crippen molar-refractivity contribution in [3.8, 4) is 11.4 Å². The van der Waals surface area contributed by atoms with Crippen molar-refractivity contribution in [2.24, 2.45) is 0 Å². The zero-order valence-corrected chi connectivity index (χ0v) is 12.7. The van der Waals surface area contributed by atoms with Gasteiger partial charge in [-0.1, -0.05) is 30.1 Å². The summed E-state index contributed by atoms with van der Waals surface area (Å²) in [6.45, 7) is 3.37. The number of para-hydroxylation sites is 1. The average molecular weight is 300 g/mol. The number of hydrogen-bond donors (Lipinski definition) is 1. The smallest absolute Gasteiger partial charge is 0.321 e. The van der Waals surface area contributed by atoms with Gasteiger partial charge in [-0.2, -0.15) is 4.98 Å². The van der Waals surface area contributed by atoms with Gasteiger partial charge in [0.05, 0.1) is 5.69 Å². The first-order valence-electron chi connectivity index (χ1n) is 7.70. The highest BCUT2D eigenvalue weighted by Gasteiger charge is 2.18. The number of aromatic nitrogens is 2. The van der Waals surface area contributed by atoms with Crippen LogP contribution in [0.5, 0.6) is 0 Å². The van der Waals surface area contributed by atoms with Crippen LogP contribution in [0.1, 0.15) is 31.6 Å². The Balaban J connectivity index is 1.78. The van der Waals surface area contributed by atoms with Crippen LogP contribution >= 0.6 is 0 Å². The molecule has 0 atom stereocenters. The first kappa shape index (κ1) is 14.6. The van der Waals surface area contributed by atoms with E-state index in [4.69, 9.17) is 4.52 Å². The van der Waals surface area contributed by atoms with Crippen LogP contribution in [-0.2, 0) is 0 Å². The number of likely N-dealkylation sites (tertiary alicyclic amines) is 1. The minimum atomic E-state index is -0.0606. The number of urea groups is 1. The number of nitrogens with one attached hydrogen (secondary N) is 1. The number of rotatable bonds is 2. The summed E-state index contributed by atoms with van der Waals surface area (Å²) in [4.78, 5) is 18.6. The lowest BCUT2D eigenvalue weighted by Gasteiger charge is -2.21. The lowest BCUT2D eigenvalue weighted by molar-refractivity contribution is 0.214. The maximum Gasteiger partial charge on any atom is 0.321 e. The normalized spacial score (nSPS) is 15.4. The monoisotopic (exact) mass is 300 g/mol. The Kier molecular flexibility index (Phi) is 4.37. The highest BCUT2D eigenvalue weighted by molar-refractivity contribution is 5.93. The summed E-state index contributed by atoms with van der Waals surface area (Å²) in [6, 6.07) is 7.45. The van der Waals surface area contributed by atoms with E-state index in [1.807, 2.05) is 29.2 Å². The van der Waals surface area contributed by atoms with Gasteiger partial charge in [-0.25, -0.2) is 4.79 Å². The number of aryl methyl sites for hydroxylation is 1. The minimum absolute atomic E-state index is 0.0606. The molecule has 1 aromatic carbocycles. The largest absolute Gasteiger partial charge is 0.339 e. The number of nitrogens with zero attached hydrogens (tertiary/aromatic N) is 3. The number of benzene rings is 1. The van der Waals surface area contributed by atoms with Crippen molar-refractivity contribution in [2.45, 2.75) is 32.6 Å². The highest BCUT2D eigenvalue weighted by atomic mass is 16.5. The molecule has 0 radical (unpaired) electrons. The fraction of sp³-hybridized carbons (Fsp3) is 0.438. The van der Waals surface area contributed by atoms with Crippen LogP contribution < -0.4 is 5.32 Å². The van der Waals surface area contributed by atoms with Crippen LogP contribution in [0.25, 0.3) is 11.4 Å². The summed E-state index contributed by atoms with van der Waals surface area (Å²) in [5.74, 6) is 0.993. The molecule has 0 saturated carbocycles. The zero-order valence-electron chi connectivity index (χ0n) is 12.7. The number of carbonyl (C=O) groups excluding carboxylic acids is 1. The molecule has 0 unspecified atom stereocenters. The van der Waals surface area contributed by atoms with Crippen LogP contribution in [0.15, 0.2) is 28.8 Å². The molecular weight excluding hydrogens is 280 g/mol. The molecule has 1 aliphatic heterocycles. The summed E-state index contributed by atoms with van der Waals surface area (Å²) in [7, 11) is 0. The third-order valence-electron chi connectivity index (χ3n) is 3.83. The van der Waals surface area contributed by atoms with Gasteiger partial charge in [0.25, 0.3) is 0 Å². The summed E-state index contributed by atoms with van der Waals surface area (Å²) in [6.07, 6.45) is 4.53. The van der Waals surface area contributed by atoms with Crippen molar-refractivity contribution in [3.63, 3.8) is 0 Å². The molecule has 1 aliphatic rings.